The smallest absolute Gasteiger partial charge is 0.215 e. The lowest BCUT2D eigenvalue weighted by atomic mass is 10.1. The van der Waals surface area contributed by atoms with Gasteiger partial charge < -0.3 is 9.73 Å². The minimum atomic E-state index is 0.461. The molecule has 2 heterocycles. The van der Waals surface area contributed by atoms with Gasteiger partial charge in [0, 0.05) is 28.7 Å². The Bertz CT molecular complexity index is 1050. The number of nitrogens with zero attached hydrogens (tertiary/aromatic N) is 3. The van der Waals surface area contributed by atoms with Crippen molar-refractivity contribution in [2.75, 3.05) is 5.32 Å². The van der Waals surface area contributed by atoms with E-state index in [1.165, 1.54) is 0 Å². The van der Waals surface area contributed by atoms with Gasteiger partial charge in [-0.2, -0.15) is 0 Å². The number of tetrazole rings is 1. The molecule has 4 aromatic rings. The molecule has 0 spiro atoms. The molecule has 2 aromatic heterocycles. The Morgan fingerprint density at radius 3 is 2.64 bits per heavy atom. The fourth-order valence-electron chi connectivity index (χ4n) is 2.43. The van der Waals surface area contributed by atoms with Gasteiger partial charge in [0.15, 0.2) is 5.76 Å². The Kier molecular flexibility index (Phi) is 4.25. The average molecular weight is 395 g/mol. The van der Waals surface area contributed by atoms with Gasteiger partial charge in [-0.1, -0.05) is 34.8 Å². The van der Waals surface area contributed by atoms with E-state index in [2.05, 4.69) is 25.9 Å². The summed E-state index contributed by atoms with van der Waals surface area (Å²) in [7, 11) is 0. The molecule has 2 aromatic carbocycles. The third-order valence-electron chi connectivity index (χ3n) is 3.67. The van der Waals surface area contributed by atoms with E-state index in [-0.39, 0.29) is 0 Å². The highest BCUT2D eigenvalue weighted by Gasteiger charge is 2.12. The minimum absolute atomic E-state index is 0.461. The van der Waals surface area contributed by atoms with Crippen molar-refractivity contribution >= 4 is 51.5 Å². The zero-order valence-electron chi connectivity index (χ0n) is 12.6. The summed E-state index contributed by atoms with van der Waals surface area (Å²) in [5.41, 5.74) is 2.43. The van der Waals surface area contributed by atoms with Crippen molar-refractivity contribution in [2.24, 2.45) is 0 Å². The zero-order chi connectivity index (χ0) is 17.4. The molecule has 0 aliphatic carbocycles. The molecular formula is C16H10Cl3N5O. The molecular weight excluding hydrogens is 385 g/mol. The molecule has 0 saturated heterocycles. The number of aromatic nitrogens is 4. The molecule has 0 aliphatic rings. The number of hydrogen-bond acceptors (Lipinski definition) is 5. The molecule has 9 heteroatoms. The lowest BCUT2D eigenvalue weighted by Gasteiger charge is -2.09. The van der Waals surface area contributed by atoms with Crippen molar-refractivity contribution in [3.63, 3.8) is 0 Å². The van der Waals surface area contributed by atoms with Crippen molar-refractivity contribution in [3.8, 4) is 11.6 Å². The van der Waals surface area contributed by atoms with Crippen LogP contribution in [0, 0.1) is 0 Å². The summed E-state index contributed by atoms with van der Waals surface area (Å²) in [5.74, 6) is 1.01. The van der Waals surface area contributed by atoms with Gasteiger partial charge in [0.05, 0.1) is 10.0 Å². The maximum Gasteiger partial charge on any atom is 0.215 e. The van der Waals surface area contributed by atoms with Crippen LogP contribution >= 0.6 is 34.8 Å². The van der Waals surface area contributed by atoms with Crippen LogP contribution in [0.25, 0.3) is 22.6 Å². The average Bonchev–Trinajstić information content (AvgIpc) is 3.24. The van der Waals surface area contributed by atoms with Gasteiger partial charge in [-0.25, -0.2) is 5.10 Å². The van der Waals surface area contributed by atoms with E-state index in [9.17, 15) is 0 Å². The number of fused-ring (bicyclic) bond motifs is 1. The van der Waals surface area contributed by atoms with E-state index in [1.807, 2.05) is 18.2 Å². The largest absolute Gasteiger partial charge is 0.453 e. The normalized spacial score (nSPS) is 11.2. The molecule has 25 heavy (non-hydrogen) atoms. The SMILES string of the molecule is Clc1ccc(NCc2cc3cc(-c4nnn[nH]4)oc3cc2Cl)cc1Cl. The first-order chi connectivity index (χ1) is 12.1. The molecule has 2 N–H and O–H groups in total. The number of aromatic amines is 1. The summed E-state index contributed by atoms with van der Waals surface area (Å²) in [6.07, 6.45) is 0. The van der Waals surface area contributed by atoms with Crippen molar-refractivity contribution in [2.45, 2.75) is 6.54 Å². The summed E-state index contributed by atoms with van der Waals surface area (Å²) in [6, 6.07) is 11.0. The van der Waals surface area contributed by atoms with Crippen molar-refractivity contribution < 1.29 is 4.42 Å². The van der Waals surface area contributed by atoms with Crippen molar-refractivity contribution in [1.29, 1.82) is 0 Å². The molecule has 0 amide bonds. The summed E-state index contributed by atoms with van der Waals surface area (Å²) >= 11 is 18.3. The van der Waals surface area contributed by atoms with E-state index in [4.69, 9.17) is 39.2 Å². The lowest BCUT2D eigenvalue weighted by Crippen LogP contribution is -2.00. The number of hydrogen-bond donors (Lipinski definition) is 2. The summed E-state index contributed by atoms with van der Waals surface area (Å²) in [5, 5.41) is 19.4. The number of benzene rings is 2. The molecule has 6 nitrogen and oxygen atoms in total. The number of halogens is 3. The van der Waals surface area contributed by atoms with Crippen LogP contribution in [-0.2, 0) is 6.54 Å². The molecule has 0 unspecified atom stereocenters. The molecule has 0 saturated carbocycles. The minimum Gasteiger partial charge on any atom is -0.453 e. The van der Waals surface area contributed by atoms with E-state index < -0.39 is 0 Å². The second kappa shape index (κ2) is 6.55. The first kappa shape index (κ1) is 16.2. The standard InChI is InChI=1S/C16H10Cl3N5O/c17-11-2-1-10(5-13(11)19)20-7-9-3-8-4-15(16-21-23-24-22-16)25-14(8)6-12(9)18/h1-6,20H,7H2,(H,21,22,23,24). The predicted molar refractivity (Wildman–Crippen MR) is 98.2 cm³/mol. The van der Waals surface area contributed by atoms with Crippen LogP contribution in [0.5, 0.6) is 0 Å². The Morgan fingerprint density at radius 1 is 1.00 bits per heavy atom. The van der Waals surface area contributed by atoms with Crippen LogP contribution in [0.3, 0.4) is 0 Å². The van der Waals surface area contributed by atoms with Crippen molar-refractivity contribution in [1.82, 2.24) is 20.6 Å². The molecule has 0 atom stereocenters. The first-order valence-electron chi connectivity index (χ1n) is 7.25. The summed E-state index contributed by atoms with van der Waals surface area (Å²) < 4.78 is 5.73. The zero-order valence-corrected chi connectivity index (χ0v) is 14.8. The first-order valence-corrected chi connectivity index (χ1v) is 8.38. The van der Waals surface area contributed by atoms with Crippen LogP contribution in [0.4, 0.5) is 5.69 Å². The Labute approximate surface area is 157 Å². The van der Waals surface area contributed by atoms with Crippen LogP contribution in [0.15, 0.2) is 40.8 Å². The highest BCUT2D eigenvalue weighted by molar-refractivity contribution is 6.42. The third-order valence-corrected chi connectivity index (χ3v) is 4.76. The van der Waals surface area contributed by atoms with Crippen LogP contribution in [-0.4, -0.2) is 20.6 Å². The molecule has 126 valence electrons. The second-order valence-electron chi connectivity index (χ2n) is 5.32. The maximum absolute atomic E-state index is 6.36. The van der Waals surface area contributed by atoms with E-state index in [0.29, 0.717) is 38.8 Å². The molecule has 0 radical (unpaired) electrons. The van der Waals surface area contributed by atoms with E-state index in [0.717, 1.165) is 16.6 Å². The Balaban J connectivity index is 1.60. The van der Waals surface area contributed by atoms with Gasteiger partial charge >= 0.3 is 0 Å². The summed E-state index contributed by atoms with van der Waals surface area (Å²) in [6.45, 7) is 0.525. The molecule has 0 bridgehead atoms. The Hall–Kier alpha value is -2.28. The fourth-order valence-corrected chi connectivity index (χ4v) is 2.95. The predicted octanol–water partition coefficient (Wildman–Crippen LogP) is 5.19. The van der Waals surface area contributed by atoms with E-state index in [1.54, 1.807) is 18.2 Å². The van der Waals surface area contributed by atoms with Gasteiger partial charge in [-0.05, 0) is 46.3 Å². The highest BCUT2D eigenvalue weighted by Crippen LogP contribution is 2.31. The highest BCUT2D eigenvalue weighted by atomic mass is 35.5. The van der Waals surface area contributed by atoms with Crippen LogP contribution in [0.2, 0.25) is 15.1 Å². The third kappa shape index (κ3) is 3.28. The van der Waals surface area contributed by atoms with Crippen LogP contribution < -0.4 is 5.32 Å². The van der Waals surface area contributed by atoms with E-state index >= 15 is 0 Å². The number of furan rings is 1. The van der Waals surface area contributed by atoms with Gasteiger partial charge in [-0.3, -0.25) is 0 Å². The monoisotopic (exact) mass is 393 g/mol. The topological polar surface area (TPSA) is 79.6 Å². The Morgan fingerprint density at radius 2 is 1.88 bits per heavy atom. The lowest BCUT2D eigenvalue weighted by molar-refractivity contribution is 0.625. The molecule has 0 aliphatic heterocycles. The second-order valence-corrected chi connectivity index (χ2v) is 6.55. The number of H-pyrrole nitrogens is 1. The molecule has 4 rings (SSSR count). The van der Waals surface area contributed by atoms with Gasteiger partial charge in [0.2, 0.25) is 5.82 Å². The number of nitrogens with one attached hydrogen (secondary N) is 2. The van der Waals surface area contributed by atoms with Crippen LogP contribution in [0.1, 0.15) is 5.56 Å². The summed E-state index contributed by atoms with van der Waals surface area (Å²) in [4.78, 5) is 0. The molecule has 0 fully saturated rings. The quantitative estimate of drug-likeness (QED) is 0.498. The van der Waals surface area contributed by atoms with Gasteiger partial charge in [0.25, 0.3) is 0 Å². The van der Waals surface area contributed by atoms with Gasteiger partial charge in [-0.15, -0.1) is 5.10 Å². The fraction of sp³-hybridized carbons (Fsp3) is 0.0625. The number of anilines is 1. The maximum atomic E-state index is 6.36. The number of rotatable bonds is 4. The van der Waals surface area contributed by atoms with Gasteiger partial charge in [0.1, 0.15) is 5.58 Å². The van der Waals surface area contributed by atoms with Crippen molar-refractivity contribution in [3.05, 3.63) is 57.0 Å².